The van der Waals surface area contributed by atoms with Crippen molar-refractivity contribution in [2.24, 2.45) is 0 Å². The molecule has 1 rings (SSSR count). The van der Waals surface area contributed by atoms with Crippen LogP contribution in [-0.2, 0) is 0 Å². The summed E-state index contributed by atoms with van der Waals surface area (Å²) in [6, 6.07) is 0. The molecule has 1 nitrogen and oxygen atoms in total. The van der Waals surface area contributed by atoms with Crippen LogP contribution in [0.1, 0.15) is 34.1 Å². The third-order valence-corrected chi connectivity index (χ3v) is 2.49. The Morgan fingerprint density at radius 1 is 0.917 bits per heavy atom. The van der Waals surface area contributed by atoms with Gasteiger partial charge in [0.1, 0.15) is 0 Å². The normalized spacial score (nSPS) is 17.8. The molecule has 1 aliphatic rings. The van der Waals surface area contributed by atoms with E-state index in [2.05, 4.69) is 23.7 Å². The highest BCUT2D eigenvalue weighted by atomic mass is 32.2. The van der Waals surface area contributed by atoms with Gasteiger partial charge in [0.25, 0.3) is 0 Å². The van der Waals surface area contributed by atoms with Gasteiger partial charge in [-0.05, 0) is 25.8 Å². The smallest absolute Gasteiger partial charge is 0.00693 e. The number of rotatable bonds is 0. The lowest BCUT2D eigenvalue weighted by Crippen LogP contribution is -2.20. The van der Waals surface area contributed by atoms with E-state index < -0.39 is 0 Å². The standard InChI is InChI=1S/C6H13NS.2C2H6/c1-7-3-2-5-8-6-4-7;2*1-2/h2-6H2,1H3;2*1-2H3. The van der Waals surface area contributed by atoms with Crippen LogP contribution in [0.3, 0.4) is 0 Å². The van der Waals surface area contributed by atoms with E-state index >= 15 is 0 Å². The molecule has 2 heteroatoms. The second-order valence-corrected chi connectivity index (χ2v) is 3.49. The maximum absolute atomic E-state index is 2.40. The summed E-state index contributed by atoms with van der Waals surface area (Å²) in [5.41, 5.74) is 0. The molecule has 1 fully saturated rings. The summed E-state index contributed by atoms with van der Waals surface area (Å²) in [5.74, 6) is 2.70. The molecule has 0 radical (unpaired) electrons. The SMILES string of the molecule is CC.CC.CN1CCCSCC1. The highest BCUT2D eigenvalue weighted by Crippen LogP contribution is 2.07. The summed E-state index contributed by atoms with van der Waals surface area (Å²) in [7, 11) is 2.20. The summed E-state index contributed by atoms with van der Waals surface area (Å²) < 4.78 is 0. The molecule has 1 aliphatic heterocycles. The van der Waals surface area contributed by atoms with Crippen LogP contribution in [0.5, 0.6) is 0 Å². The molecule has 0 spiro atoms. The zero-order valence-corrected chi connectivity index (χ0v) is 10.2. The maximum Gasteiger partial charge on any atom is 0.00693 e. The Hall–Kier alpha value is 0.310. The predicted octanol–water partition coefficient (Wildman–Crippen LogP) is 3.11. The van der Waals surface area contributed by atoms with Gasteiger partial charge in [-0.2, -0.15) is 11.8 Å². The molecule has 0 saturated carbocycles. The summed E-state index contributed by atoms with van der Waals surface area (Å²) >= 11 is 2.08. The number of thioether (sulfide) groups is 1. The molecule has 0 aromatic rings. The van der Waals surface area contributed by atoms with Gasteiger partial charge < -0.3 is 4.90 Å². The third kappa shape index (κ3) is 10.3. The highest BCUT2D eigenvalue weighted by Gasteiger charge is 2.01. The third-order valence-electron chi connectivity index (χ3n) is 1.45. The van der Waals surface area contributed by atoms with Crippen LogP contribution in [-0.4, -0.2) is 36.5 Å². The van der Waals surface area contributed by atoms with Crippen LogP contribution in [0.25, 0.3) is 0 Å². The number of nitrogens with zero attached hydrogens (tertiary/aromatic N) is 1. The summed E-state index contributed by atoms with van der Waals surface area (Å²) in [6.45, 7) is 10.6. The lowest BCUT2D eigenvalue weighted by Gasteiger charge is -2.09. The molecule has 1 heterocycles. The molecule has 0 amide bonds. The average Bonchev–Trinajstić information content (AvgIpc) is 2.40. The molecule has 0 bridgehead atoms. The Morgan fingerprint density at radius 3 is 2.08 bits per heavy atom. The molecule has 1 saturated heterocycles. The molecule has 0 unspecified atom stereocenters. The van der Waals surface area contributed by atoms with Gasteiger partial charge in [-0.25, -0.2) is 0 Å². The van der Waals surface area contributed by atoms with Gasteiger partial charge in [-0.15, -0.1) is 0 Å². The summed E-state index contributed by atoms with van der Waals surface area (Å²) in [6.07, 6.45) is 1.38. The fourth-order valence-corrected chi connectivity index (χ4v) is 1.85. The fourth-order valence-electron chi connectivity index (χ4n) is 0.871. The van der Waals surface area contributed by atoms with Crippen molar-refractivity contribution in [1.29, 1.82) is 0 Å². The molecular weight excluding hydrogens is 166 g/mol. The van der Waals surface area contributed by atoms with E-state index in [4.69, 9.17) is 0 Å². The zero-order valence-electron chi connectivity index (χ0n) is 9.39. The van der Waals surface area contributed by atoms with Gasteiger partial charge in [0.2, 0.25) is 0 Å². The minimum Gasteiger partial charge on any atom is -0.306 e. The Morgan fingerprint density at radius 2 is 1.50 bits per heavy atom. The fraction of sp³-hybridized carbons (Fsp3) is 1.00. The first-order valence-electron chi connectivity index (χ1n) is 5.16. The van der Waals surface area contributed by atoms with Crippen LogP contribution in [0, 0.1) is 0 Å². The van der Waals surface area contributed by atoms with Crippen molar-refractivity contribution in [2.45, 2.75) is 34.1 Å². The van der Waals surface area contributed by atoms with E-state index in [1.54, 1.807) is 0 Å². The van der Waals surface area contributed by atoms with Gasteiger partial charge in [0.15, 0.2) is 0 Å². The molecule has 0 aromatic carbocycles. The molecule has 0 N–H and O–H groups in total. The molecule has 0 atom stereocenters. The molecule has 0 aromatic heterocycles. The lowest BCUT2D eigenvalue weighted by molar-refractivity contribution is 0.362. The van der Waals surface area contributed by atoms with E-state index in [1.165, 1.54) is 31.0 Å². The molecule has 76 valence electrons. The van der Waals surface area contributed by atoms with E-state index in [0.29, 0.717) is 0 Å². The van der Waals surface area contributed by atoms with Crippen molar-refractivity contribution in [1.82, 2.24) is 4.90 Å². The molecule has 12 heavy (non-hydrogen) atoms. The highest BCUT2D eigenvalue weighted by molar-refractivity contribution is 7.99. The van der Waals surface area contributed by atoms with E-state index in [1.807, 2.05) is 27.7 Å². The van der Waals surface area contributed by atoms with Crippen molar-refractivity contribution >= 4 is 11.8 Å². The van der Waals surface area contributed by atoms with Gasteiger partial charge in [-0.1, -0.05) is 27.7 Å². The van der Waals surface area contributed by atoms with Crippen molar-refractivity contribution < 1.29 is 0 Å². The summed E-state index contributed by atoms with van der Waals surface area (Å²) in [5, 5.41) is 0. The van der Waals surface area contributed by atoms with E-state index in [-0.39, 0.29) is 0 Å². The van der Waals surface area contributed by atoms with Crippen LogP contribution in [0.15, 0.2) is 0 Å². The predicted molar refractivity (Wildman–Crippen MR) is 62.1 cm³/mol. The first kappa shape index (κ1) is 14.8. The monoisotopic (exact) mass is 191 g/mol. The van der Waals surface area contributed by atoms with Gasteiger partial charge in [0, 0.05) is 12.3 Å². The van der Waals surface area contributed by atoms with Gasteiger partial charge >= 0.3 is 0 Å². The summed E-state index contributed by atoms with van der Waals surface area (Å²) in [4.78, 5) is 2.40. The van der Waals surface area contributed by atoms with Crippen molar-refractivity contribution in [3.8, 4) is 0 Å². The second kappa shape index (κ2) is 13.9. The Balaban J connectivity index is 0. The van der Waals surface area contributed by atoms with Crippen LogP contribution in [0.4, 0.5) is 0 Å². The van der Waals surface area contributed by atoms with Crippen LogP contribution < -0.4 is 0 Å². The topological polar surface area (TPSA) is 3.24 Å². The largest absolute Gasteiger partial charge is 0.306 e. The second-order valence-electron chi connectivity index (χ2n) is 2.27. The van der Waals surface area contributed by atoms with E-state index in [9.17, 15) is 0 Å². The first-order chi connectivity index (χ1) is 5.89. The minimum atomic E-state index is 1.28. The number of hydrogen-bond donors (Lipinski definition) is 0. The van der Waals surface area contributed by atoms with Crippen molar-refractivity contribution in [3.05, 3.63) is 0 Å². The van der Waals surface area contributed by atoms with Crippen molar-refractivity contribution in [2.75, 3.05) is 31.6 Å². The van der Waals surface area contributed by atoms with Crippen molar-refractivity contribution in [3.63, 3.8) is 0 Å². The quantitative estimate of drug-likeness (QED) is 0.579. The van der Waals surface area contributed by atoms with E-state index in [0.717, 1.165) is 0 Å². The molecular formula is C10H25NS. The Kier molecular flexibility index (Phi) is 17.1. The maximum atomic E-state index is 2.40. The lowest BCUT2D eigenvalue weighted by atomic mass is 10.4. The van der Waals surface area contributed by atoms with Gasteiger partial charge in [0.05, 0.1) is 0 Å². The van der Waals surface area contributed by atoms with Crippen LogP contribution >= 0.6 is 11.8 Å². The van der Waals surface area contributed by atoms with Crippen LogP contribution in [0.2, 0.25) is 0 Å². The van der Waals surface area contributed by atoms with Gasteiger partial charge in [-0.3, -0.25) is 0 Å². The average molecular weight is 191 g/mol. The Labute approximate surface area is 82.9 Å². The minimum absolute atomic E-state index is 1.28. The first-order valence-corrected chi connectivity index (χ1v) is 6.31. The molecule has 0 aliphatic carbocycles. The Bertz CT molecular complexity index is 58.9. The number of hydrogen-bond acceptors (Lipinski definition) is 2. The zero-order chi connectivity index (χ0) is 9.82.